The number of amides is 1. The lowest BCUT2D eigenvalue weighted by Gasteiger charge is -2.13. The molecule has 1 fully saturated rings. The fraction of sp³-hybridized carbons (Fsp3) is 0.312. The molecular formula is C16H17NO4S2. The second kappa shape index (κ2) is 8.12. The molecule has 0 aromatic heterocycles. The third-order valence-electron chi connectivity index (χ3n) is 3.31. The van der Waals surface area contributed by atoms with Crippen molar-refractivity contribution >= 4 is 46.3 Å². The molecule has 0 unspecified atom stereocenters. The number of thiocarbonyl (C=S) groups is 1. The summed E-state index contributed by atoms with van der Waals surface area (Å²) in [6.07, 6.45) is 3.93. The van der Waals surface area contributed by atoms with E-state index < -0.39 is 5.97 Å². The first-order valence-corrected chi connectivity index (χ1v) is 8.46. The van der Waals surface area contributed by atoms with Crippen LogP contribution in [0.25, 0.3) is 6.08 Å². The third-order valence-corrected chi connectivity index (χ3v) is 4.69. The monoisotopic (exact) mass is 351 g/mol. The number of phenolic OH excluding ortho intramolecular Hbond substituents is 1. The van der Waals surface area contributed by atoms with Gasteiger partial charge in [-0.05, 0) is 36.6 Å². The van der Waals surface area contributed by atoms with Crippen LogP contribution in [0.4, 0.5) is 0 Å². The molecule has 1 aliphatic rings. The first-order chi connectivity index (χ1) is 11.0. The highest BCUT2D eigenvalue weighted by Gasteiger charge is 2.31. The van der Waals surface area contributed by atoms with Crippen LogP contribution in [0.3, 0.4) is 0 Å². The van der Waals surface area contributed by atoms with Crippen molar-refractivity contribution in [3.63, 3.8) is 0 Å². The van der Waals surface area contributed by atoms with Gasteiger partial charge in [-0.3, -0.25) is 14.5 Å². The summed E-state index contributed by atoms with van der Waals surface area (Å²) in [6.45, 7) is 0.502. The molecule has 2 rings (SSSR count). The van der Waals surface area contributed by atoms with Gasteiger partial charge in [-0.1, -0.05) is 42.5 Å². The Morgan fingerprint density at radius 1 is 1.30 bits per heavy atom. The zero-order valence-electron chi connectivity index (χ0n) is 12.4. The molecule has 1 aromatic rings. The highest BCUT2D eigenvalue weighted by molar-refractivity contribution is 8.26. The predicted octanol–water partition coefficient (Wildman–Crippen LogP) is 3.24. The van der Waals surface area contributed by atoms with Crippen molar-refractivity contribution in [2.24, 2.45) is 0 Å². The molecule has 1 heterocycles. The molecule has 1 aliphatic heterocycles. The number of aromatic hydroxyl groups is 1. The lowest BCUT2D eigenvalue weighted by Crippen LogP contribution is -2.29. The van der Waals surface area contributed by atoms with Crippen LogP contribution in [-0.4, -0.2) is 37.9 Å². The van der Waals surface area contributed by atoms with E-state index in [-0.39, 0.29) is 18.1 Å². The summed E-state index contributed by atoms with van der Waals surface area (Å²) in [5.41, 5.74) is 0.743. The van der Waals surface area contributed by atoms with Crippen molar-refractivity contribution in [2.75, 3.05) is 6.54 Å². The van der Waals surface area contributed by atoms with E-state index >= 15 is 0 Å². The number of carboxylic acid groups (broad SMARTS) is 1. The number of carbonyl (C=O) groups is 2. The van der Waals surface area contributed by atoms with Crippen molar-refractivity contribution in [2.45, 2.75) is 25.7 Å². The average Bonchev–Trinajstić information content (AvgIpc) is 2.74. The lowest BCUT2D eigenvalue weighted by molar-refractivity contribution is -0.137. The zero-order valence-corrected chi connectivity index (χ0v) is 14.0. The zero-order chi connectivity index (χ0) is 16.8. The van der Waals surface area contributed by atoms with Gasteiger partial charge in [0.1, 0.15) is 10.1 Å². The second-order valence-corrected chi connectivity index (χ2v) is 6.81. The molecule has 23 heavy (non-hydrogen) atoms. The number of unbranched alkanes of at least 4 members (excludes halogenated alkanes) is 2. The maximum Gasteiger partial charge on any atom is 0.303 e. The summed E-state index contributed by atoms with van der Waals surface area (Å²) in [6, 6.07) is 6.67. The Balaban J connectivity index is 1.93. The van der Waals surface area contributed by atoms with Gasteiger partial charge in [0, 0.05) is 13.0 Å². The van der Waals surface area contributed by atoms with Crippen LogP contribution in [0.15, 0.2) is 29.2 Å². The van der Waals surface area contributed by atoms with Gasteiger partial charge in [0.05, 0.1) is 4.91 Å². The molecule has 0 saturated carbocycles. The molecule has 1 aromatic carbocycles. The topological polar surface area (TPSA) is 77.8 Å². The number of nitrogens with zero attached hydrogens (tertiary/aromatic N) is 1. The van der Waals surface area contributed by atoms with Crippen LogP contribution in [0, 0.1) is 0 Å². The molecule has 7 heteroatoms. The summed E-state index contributed by atoms with van der Waals surface area (Å²) in [7, 11) is 0. The number of thioether (sulfide) groups is 1. The number of aliphatic carboxylic acids is 1. The predicted molar refractivity (Wildman–Crippen MR) is 94.1 cm³/mol. The van der Waals surface area contributed by atoms with Crippen LogP contribution < -0.4 is 0 Å². The quantitative estimate of drug-likeness (QED) is 0.446. The van der Waals surface area contributed by atoms with Crippen molar-refractivity contribution in [1.82, 2.24) is 4.90 Å². The number of rotatable bonds is 7. The number of hydrogen-bond acceptors (Lipinski definition) is 5. The van der Waals surface area contributed by atoms with E-state index in [0.29, 0.717) is 22.2 Å². The molecule has 1 amide bonds. The van der Waals surface area contributed by atoms with Gasteiger partial charge in [-0.25, -0.2) is 0 Å². The molecule has 0 spiro atoms. The van der Waals surface area contributed by atoms with E-state index in [0.717, 1.165) is 18.4 Å². The number of carboxylic acids is 1. The van der Waals surface area contributed by atoms with Crippen LogP contribution in [0.2, 0.25) is 0 Å². The average molecular weight is 351 g/mol. The minimum Gasteiger partial charge on any atom is -0.508 e. The number of phenols is 1. The Morgan fingerprint density at radius 2 is 2.09 bits per heavy atom. The maximum absolute atomic E-state index is 12.4. The van der Waals surface area contributed by atoms with Gasteiger partial charge >= 0.3 is 5.97 Å². The SMILES string of the molecule is O=C(O)CCCCCN1C(=O)/C(=C/c2cccc(O)c2)SC1=S. The Kier molecular flexibility index (Phi) is 6.18. The van der Waals surface area contributed by atoms with E-state index in [1.165, 1.54) is 11.8 Å². The smallest absolute Gasteiger partial charge is 0.303 e. The van der Waals surface area contributed by atoms with Crippen LogP contribution in [-0.2, 0) is 9.59 Å². The third kappa shape index (κ3) is 5.07. The Bertz CT molecular complexity index is 657. The van der Waals surface area contributed by atoms with Crippen molar-refractivity contribution in [3.8, 4) is 5.75 Å². The molecule has 1 saturated heterocycles. The van der Waals surface area contributed by atoms with Gasteiger partial charge < -0.3 is 10.2 Å². The maximum atomic E-state index is 12.4. The standard InChI is InChI=1S/C16H17NO4S2/c18-12-6-4-5-11(9-12)10-13-15(21)17(16(22)23-13)8-3-1-2-7-14(19)20/h4-6,9-10,18H,1-3,7-8H2,(H,19,20)/b13-10-. The van der Waals surface area contributed by atoms with Gasteiger partial charge in [0.25, 0.3) is 5.91 Å². The van der Waals surface area contributed by atoms with Crippen molar-refractivity contribution < 1.29 is 19.8 Å². The van der Waals surface area contributed by atoms with Gasteiger partial charge in [0.2, 0.25) is 0 Å². The van der Waals surface area contributed by atoms with Crippen molar-refractivity contribution in [3.05, 3.63) is 34.7 Å². The summed E-state index contributed by atoms with van der Waals surface area (Å²) < 4.78 is 0.514. The number of hydrogen-bond donors (Lipinski definition) is 2. The first kappa shape index (κ1) is 17.5. The van der Waals surface area contributed by atoms with Gasteiger partial charge in [0.15, 0.2) is 0 Å². The summed E-state index contributed by atoms with van der Waals surface area (Å²) in [5, 5.41) is 18.1. The molecule has 0 radical (unpaired) electrons. The molecule has 0 aliphatic carbocycles. The Hall–Kier alpha value is -1.86. The molecule has 0 atom stereocenters. The number of carbonyl (C=O) groups excluding carboxylic acids is 1. The Morgan fingerprint density at radius 3 is 2.78 bits per heavy atom. The Labute approximate surface area is 144 Å². The molecule has 5 nitrogen and oxygen atoms in total. The highest BCUT2D eigenvalue weighted by Crippen LogP contribution is 2.33. The largest absolute Gasteiger partial charge is 0.508 e. The van der Waals surface area contributed by atoms with E-state index in [1.54, 1.807) is 35.2 Å². The normalized spacial score (nSPS) is 16.3. The fourth-order valence-corrected chi connectivity index (χ4v) is 3.49. The summed E-state index contributed by atoms with van der Waals surface area (Å²) in [4.78, 5) is 24.9. The minimum absolute atomic E-state index is 0.137. The van der Waals surface area contributed by atoms with E-state index in [1.807, 2.05) is 0 Å². The van der Waals surface area contributed by atoms with E-state index in [2.05, 4.69) is 0 Å². The summed E-state index contributed by atoms with van der Waals surface area (Å²) in [5.74, 6) is -0.793. The van der Waals surface area contributed by atoms with Gasteiger partial charge in [-0.15, -0.1) is 0 Å². The molecule has 122 valence electrons. The van der Waals surface area contributed by atoms with Crippen LogP contribution >= 0.6 is 24.0 Å². The molecule has 2 N–H and O–H groups in total. The van der Waals surface area contributed by atoms with Crippen LogP contribution in [0.1, 0.15) is 31.2 Å². The van der Waals surface area contributed by atoms with Crippen molar-refractivity contribution in [1.29, 1.82) is 0 Å². The lowest BCUT2D eigenvalue weighted by atomic mass is 10.2. The fourth-order valence-electron chi connectivity index (χ4n) is 2.18. The first-order valence-electron chi connectivity index (χ1n) is 7.23. The number of benzene rings is 1. The van der Waals surface area contributed by atoms with Gasteiger partial charge in [-0.2, -0.15) is 0 Å². The summed E-state index contributed by atoms with van der Waals surface area (Å²) >= 11 is 6.48. The second-order valence-electron chi connectivity index (χ2n) is 5.13. The highest BCUT2D eigenvalue weighted by atomic mass is 32.2. The van der Waals surface area contributed by atoms with Crippen LogP contribution in [0.5, 0.6) is 5.75 Å². The minimum atomic E-state index is -0.801. The van der Waals surface area contributed by atoms with E-state index in [4.69, 9.17) is 17.3 Å². The molecule has 0 bridgehead atoms. The molecular weight excluding hydrogens is 334 g/mol. The van der Waals surface area contributed by atoms with E-state index in [9.17, 15) is 14.7 Å².